The van der Waals surface area contributed by atoms with Gasteiger partial charge in [0.05, 0.1) is 9.16 Å². The van der Waals surface area contributed by atoms with Crippen molar-refractivity contribution in [2.24, 2.45) is 0 Å². The fourth-order valence-corrected chi connectivity index (χ4v) is 13.0. The number of rotatable bonds is 13. The summed E-state index contributed by atoms with van der Waals surface area (Å²) >= 11 is 21.8. The molecule has 0 aromatic carbocycles. The lowest BCUT2D eigenvalue weighted by Gasteiger charge is -2.11. The number of hydrogen-bond donors (Lipinski definition) is 2. The Bertz CT molecular complexity index is 286. The molecule has 0 amide bonds. The highest BCUT2D eigenvalue weighted by Crippen LogP contribution is 2.42. The van der Waals surface area contributed by atoms with Crippen LogP contribution in [0.2, 0.25) is 0 Å². The third-order valence-electron chi connectivity index (χ3n) is 3.87. The van der Waals surface area contributed by atoms with Crippen molar-refractivity contribution in [2.45, 2.75) is 45.3 Å². The molecule has 142 valence electrons. The van der Waals surface area contributed by atoms with Gasteiger partial charge in [0.2, 0.25) is 0 Å². The molecule has 2 aliphatic rings. The minimum atomic E-state index is 0.846. The summed E-state index contributed by atoms with van der Waals surface area (Å²) in [6, 6.07) is 0. The van der Waals surface area contributed by atoms with Gasteiger partial charge in [0, 0.05) is 45.0 Å². The third-order valence-corrected chi connectivity index (χ3v) is 14.4. The molecule has 4 unspecified atom stereocenters. The van der Waals surface area contributed by atoms with E-state index in [0.717, 1.165) is 31.2 Å². The zero-order valence-corrected chi connectivity index (χ0v) is 20.8. The monoisotopic (exact) mass is 478 g/mol. The van der Waals surface area contributed by atoms with E-state index in [0.29, 0.717) is 0 Å². The first-order valence-electron chi connectivity index (χ1n) is 8.73. The van der Waals surface area contributed by atoms with E-state index in [2.05, 4.69) is 95.8 Å². The lowest BCUT2D eigenvalue weighted by atomic mass is 10.3. The van der Waals surface area contributed by atoms with E-state index in [4.69, 9.17) is 0 Å². The van der Waals surface area contributed by atoms with Gasteiger partial charge in [-0.15, -0.1) is 47.0 Å². The van der Waals surface area contributed by atoms with Crippen molar-refractivity contribution in [3.8, 4) is 0 Å². The van der Waals surface area contributed by atoms with Crippen LogP contribution in [0.3, 0.4) is 0 Å². The Labute approximate surface area is 185 Å². The molecule has 4 atom stereocenters. The summed E-state index contributed by atoms with van der Waals surface area (Å²) in [6.45, 7) is 0. The topological polar surface area (TPSA) is 0 Å². The predicted molar refractivity (Wildman–Crippen MR) is 136 cm³/mol. The Balaban J connectivity index is 1.40. The van der Waals surface area contributed by atoms with Gasteiger partial charge < -0.3 is 0 Å². The summed E-state index contributed by atoms with van der Waals surface area (Å²) in [7, 11) is 0. The molecule has 0 saturated carbocycles. The second-order valence-corrected chi connectivity index (χ2v) is 15.2. The van der Waals surface area contributed by atoms with E-state index in [1.807, 2.05) is 0 Å². The largest absolute Gasteiger partial charge is 0.179 e. The van der Waals surface area contributed by atoms with E-state index in [1.165, 1.54) is 60.2 Å². The van der Waals surface area contributed by atoms with Crippen LogP contribution in [0.1, 0.15) is 25.7 Å². The van der Waals surface area contributed by atoms with E-state index < -0.39 is 0 Å². The molecule has 0 aromatic heterocycles. The second-order valence-electron chi connectivity index (χ2n) is 5.92. The van der Waals surface area contributed by atoms with E-state index in [9.17, 15) is 0 Å². The minimum Gasteiger partial charge on any atom is -0.179 e. The third kappa shape index (κ3) is 9.83. The SMILES string of the molecule is SCCCC1CSC(CSCCSCC2SCC(CCCS)S2)S1. The Morgan fingerprint density at radius 1 is 0.750 bits per heavy atom. The van der Waals surface area contributed by atoms with Gasteiger partial charge in [-0.1, -0.05) is 0 Å². The molecule has 0 radical (unpaired) electrons. The van der Waals surface area contributed by atoms with Crippen LogP contribution in [-0.2, 0) is 0 Å². The van der Waals surface area contributed by atoms with Crippen LogP contribution in [0.25, 0.3) is 0 Å². The maximum Gasteiger partial charge on any atom is 0.0596 e. The average Bonchev–Trinajstić information content (AvgIpc) is 3.23. The zero-order chi connectivity index (χ0) is 17.0. The summed E-state index contributed by atoms with van der Waals surface area (Å²) in [6.07, 6.45) is 5.29. The highest BCUT2D eigenvalue weighted by Gasteiger charge is 2.26. The van der Waals surface area contributed by atoms with Gasteiger partial charge in [0.1, 0.15) is 0 Å². The molecule has 0 bridgehead atoms. The maximum atomic E-state index is 4.33. The molecule has 2 heterocycles. The van der Waals surface area contributed by atoms with Crippen molar-refractivity contribution in [3.05, 3.63) is 0 Å². The van der Waals surface area contributed by atoms with Gasteiger partial charge in [-0.3, -0.25) is 0 Å². The summed E-state index contributed by atoms with van der Waals surface area (Å²) in [5, 5.41) is 1.79. The summed E-state index contributed by atoms with van der Waals surface area (Å²) in [5.41, 5.74) is 0. The van der Waals surface area contributed by atoms with Gasteiger partial charge in [0.15, 0.2) is 0 Å². The first-order chi connectivity index (χ1) is 11.8. The van der Waals surface area contributed by atoms with Crippen molar-refractivity contribution in [3.63, 3.8) is 0 Å². The van der Waals surface area contributed by atoms with Crippen LogP contribution in [0.5, 0.6) is 0 Å². The van der Waals surface area contributed by atoms with Gasteiger partial charge in [-0.25, -0.2) is 0 Å². The molecule has 0 spiro atoms. The maximum absolute atomic E-state index is 4.33. The lowest BCUT2D eigenvalue weighted by Crippen LogP contribution is -2.03. The fourth-order valence-electron chi connectivity index (χ4n) is 2.61. The van der Waals surface area contributed by atoms with Crippen LogP contribution in [-0.4, -0.2) is 65.7 Å². The summed E-state index contributed by atoms with van der Waals surface area (Å²) in [5.74, 6) is 10.2. The zero-order valence-electron chi connectivity index (χ0n) is 14.1. The highest BCUT2D eigenvalue weighted by molar-refractivity contribution is 8.22. The minimum absolute atomic E-state index is 0.846. The first-order valence-corrected chi connectivity index (χ1v) is 16.3. The molecule has 2 aliphatic heterocycles. The standard InChI is InChI=1S/C16H30S8/c17-5-1-3-13-9-21-15(23-13)11-19-7-8-20-12-16-22-10-14(24-16)4-2-6-18/h13-18H,1-12H2. The van der Waals surface area contributed by atoms with Crippen LogP contribution < -0.4 is 0 Å². The van der Waals surface area contributed by atoms with Crippen molar-refractivity contribution in [1.82, 2.24) is 0 Å². The van der Waals surface area contributed by atoms with Crippen molar-refractivity contribution >= 4 is 95.8 Å². The van der Waals surface area contributed by atoms with E-state index in [-0.39, 0.29) is 0 Å². The molecule has 2 saturated heterocycles. The van der Waals surface area contributed by atoms with Crippen molar-refractivity contribution in [2.75, 3.05) is 46.0 Å². The van der Waals surface area contributed by atoms with Gasteiger partial charge >= 0.3 is 0 Å². The normalized spacial score (nSPS) is 30.2. The van der Waals surface area contributed by atoms with Crippen LogP contribution in [0.15, 0.2) is 0 Å². The number of thioether (sulfide) groups is 6. The van der Waals surface area contributed by atoms with Crippen molar-refractivity contribution < 1.29 is 0 Å². The van der Waals surface area contributed by atoms with Gasteiger partial charge in [0.25, 0.3) is 0 Å². The van der Waals surface area contributed by atoms with Gasteiger partial charge in [-0.2, -0.15) is 48.8 Å². The van der Waals surface area contributed by atoms with Crippen LogP contribution >= 0.6 is 95.8 Å². The second kappa shape index (κ2) is 14.7. The summed E-state index contributed by atoms with van der Waals surface area (Å²) in [4.78, 5) is 0. The Hall–Kier alpha value is 2.80. The average molecular weight is 479 g/mol. The fraction of sp³-hybridized carbons (Fsp3) is 1.00. The van der Waals surface area contributed by atoms with Crippen LogP contribution in [0, 0.1) is 0 Å². The molecule has 0 N–H and O–H groups in total. The molecule has 2 fully saturated rings. The quantitative estimate of drug-likeness (QED) is 0.236. The first kappa shape index (κ1) is 23.1. The predicted octanol–water partition coefficient (Wildman–Crippen LogP) is 6.22. The number of thiol groups is 2. The molecular formula is C16H30S8. The highest BCUT2D eigenvalue weighted by atomic mass is 32.2. The Morgan fingerprint density at radius 2 is 1.21 bits per heavy atom. The molecule has 0 nitrogen and oxygen atoms in total. The van der Waals surface area contributed by atoms with Crippen molar-refractivity contribution in [1.29, 1.82) is 0 Å². The number of hydrogen-bond acceptors (Lipinski definition) is 8. The van der Waals surface area contributed by atoms with Gasteiger partial charge in [-0.05, 0) is 37.2 Å². The molecule has 8 heteroatoms. The smallest absolute Gasteiger partial charge is 0.0596 e. The molecular weight excluding hydrogens is 449 g/mol. The Kier molecular flexibility index (Phi) is 14.2. The molecule has 24 heavy (non-hydrogen) atoms. The lowest BCUT2D eigenvalue weighted by molar-refractivity contribution is 0.807. The van der Waals surface area contributed by atoms with E-state index >= 15 is 0 Å². The summed E-state index contributed by atoms with van der Waals surface area (Å²) < 4.78 is 1.69. The Morgan fingerprint density at radius 3 is 1.62 bits per heavy atom. The van der Waals surface area contributed by atoms with Crippen LogP contribution in [0.4, 0.5) is 0 Å². The molecule has 0 aromatic rings. The molecule has 2 rings (SSSR count). The van der Waals surface area contributed by atoms with E-state index in [1.54, 1.807) is 0 Å². The molecule has 0 aliphatic carbocycles.